The van der Waals surface area contributed by atoms with Crippen molar-refractivity contribution >= 4 is 61.7 Å². The summed E-state index contributed by atoms with van der Waals surface area (Å²) in [5.74, 6) is 0.483. The summed E-state index contributed by atoms with van der Waals surface area (Å²) in [5, 5.41) is 5.42. The molecule has 0 bridgehead atoms. The SMILES string of the molecule is Clc1cccc(Nc2nc(-c3ccccc3Cl)c3cc(Br)ccc3n2)c1. The monoisotopic (exact) mass is 443 g/mol. The van der Waals surface area contributed by atoms with Crippen molar-refractivity contribution in [3.05, 3.63) is 81.2 Å². The number of rotatable bonds is 3. The van der Waals surface area contributed by atoms with Gasteiger partial charge in [-0.25, -0.2) is 9.97 Å². The van der Waals surface area contributed by atoms with Crippen LogP contribution >= 0.6 is 39.1 Å². The molecule has 4 aromatic rings. The fourth-order valence-electron chi connectivity index (χ4n) is 2.71. The van der Waals surface area contributed by atoms with Crippen LogP contribution in [-0.4, -0.2) is 9.97 Å². The Hall–Kier alpha value is -2.14. The molecule has 0 unspecified atom stereocenters. The molecule has 3 aromatic carbocycles. The molecule has 4 rings (SSSR count). The summed E-state index contributed by atoms with van der Waals surface area (Å²) in [6, 6.07) is 21.0. The highest BCUT2D eigenvalue weighted by Gasteiger charge is 2.13. The van der Waals surface area contributed by atoms with E-state index in [2.05, 4.69) is 26.2 Å². The maximum absolute atomic E-state index is 6.42. The number of aromatic nitrogens is 2. The molecule has 1 N–H and O–H groups in total. The summed E-state index contributed by atoms with van der Waals surface area (Å²) < 4.78 is 0.956. The third kappa shape index (κ3) is 3.54. The lowest BCUT2D eigenvalue weighted by Crippen LogP contribution is -2.00. The molecule has 0 saturated carbocycles. The second kappa shape index (κ2) is 7.23. The minimum absolute atomic E-state index is 0.483. The van der Waals surface area contributed by atoms with Crippen molar-refractivity contribution in [3.63, 3.8) is 0 Å². The van der Waals surface area contributed by atoms with Gasteiger partial charge in [-0.05, 0) is 42.5 Å². The fourth-order valence-corrected chi connectivity index (χ4v) is 3.49. The predicted octanol–water partition coefficient (Wildman–Crippen LogP) is 7.11. The van der Waals surface area contributed by atoms with Gasteiger partial charge in [0.2, 0.25) is 5.95 Å². The Morgan fingerprint density at radius 1 is 0.846 bits per heavy atom. The van der Waals surface area contributed by atoms with E-state index in [4.69, 9.17) is 28.2 Å². The van der Waals surface area contributed by atoms with Gasteiger partial charge in [0.1, 0.15) is 0 Å². The molecule has 6 heteroatoms. The maximum atomic E-state index is 6.42. The molecule has 0 saturated heterocycles. The number of nitrogens with one attached hydrogen (secondary N) is 1. The van der Waals surface area contributed by atoms with Crippen molar-refractivity contribution in [3.8, 4) is 11.3 Å². The van der Waals surface area contributed by atoms with Crippen molar-refractivity contribution in [2.75, 3.05) is 5.32 Å². The minimum Gasteiger partial charge on any atom is -0.324 e. The zero-order chi connectivity index (χ0) is 18.1. The Labute approximate surface area is 169 Å². The Morgan fingerprint density at radius 3 is 2.50 bits per heavy atom. The van der Waals surface area contributed by atoms with Gasteiger partial charge >= 0.3 is 0 Å². The summed E-state index contributed by atoms with van der Waals surface area (Å²) in [7, 11) is 0. The van der Waals surface area contributed by atoms with Gasteiger partial charge in [-0.1, -0.05) is 63.4 Å². The van der Waals surface area contributed by atoms with Crippen LogP contribution in [0.5, 0.6) is 0 Å². The molecular weight excluding hydrogens is 433 g/mol. The van der Waals surface area contributed by atoms with E-state index in [9.17, 15) is 0 Å². The van der Waals surface area contributed by atoms with E-state index in [-0.39, 0.29) is 0 Å². The highest BCUT2D eigenvalue weighted by molar-refractivity contribution is 9.10. The van der Waals surface area contributed by atoms with Crippen molar-refractivity contribution < 1.29 is 0 Å². The highest BCUT2D eigenvalue weighted by Crippen LogP contribution is 2.34. The van der Waals surface area contributed by atoms with E-state index in [0.717, 1.165) is 32.3 Å². The average Bonchev–Trinajstić information content (AvgIpc) is 2.62. The first-order valence-electron chi connectivity index (χ1n) is 7.85. The molecule has 128 valence electrons. The molecule has 0 spiro atoms. The van der Waals surface area contributed by atoms with Crippen molar-refractivity contribution in [1.29, 1.82) is 0 Å². The van der Waals surface area contributed by atoms with E-state index >= 15 is 0 Å². The topological polar surface area (TPSA) is 37.8 Å². The van der Waals surface area contributed by atoms with Gasteiger partial charge in [-0.2, -0.15) is 0 Å². The lowest BCUT2D eigenvalue weighted by atomic mass is 10.1. The van der Waals surface area contributed by atoms with Crippen molar-refractivity contribution in [1.82, 2.24) is 9.97 Å². The van der Waals surface area contributed by atoms with Gasteiger partial charge < -0.3 is 5.32 Å². The van der Waals surface area contributed by atoms with Gasteiger partial charge in [0.05, 0.1) is 11.2 Å². The third-order valence-corrected chi connectivity index (χ3v) is 4.93. The third-order valence-electron chi connectivity index (χ3n) is 3.87. The quantitative estimate of drug-likeness (QED) is 0.365. The first kappa shape index (κ1) is 17.3. The molecular formula is C20H12BrCl2N3. The smallest absolute Gasteiger partial charge is 0.228 e. The van der Waals surface area contributed by atoms with Gasteiger partial charge in [-0.3, -0.25) is 0 Å². The number of hydrogen-bond acceptors (Lipinski definition) is 3. The number of anilines is 2. The Balaban J connectivity index is 1.91. The maximum Gasteiger partial charge on any atom is 0.228 e. The molecule has 0 amide bonds. The highest BCUT2D eigenvalue weighted by atomic mass is 79.9. The Morgan fingerprint density at radius 2 is 1.69 bits per heavy atom. The summed E-state index contributed by atoms with van der Waals surface area (Å²) in [4.78, 5) is 9.36. The fraction of sp³-hybridized carbons (Fsp3) is 0. The van der Waals surface area contributed by atoms with Crippen molar-refractivity contribution in [2.24, 2.45) is 0 Å². The van der Waals surface area contributed by atoms with Crippen LogP contribution in [0.2, 0.25) is 10.0 Å². The second-order valence-electron chi connectivity index (χ2n) is 5.67. The van der Waals surface area contributed by atoms with Crippen LogP contribution in [0.3, 0.4) is 0 Å². The first-order chi connectivity index (χ1) is 12.6. The van der Waals surface area contributed by atoms with E-state index in [1.807, 2.05) is 66.7 Å². The molecule has 26 heavy (non-hydrogen) atoms. The number of fused-ring (bicyclic) bond motifs is 1. The molecule has 1 aromatic heterocycles. The van der Waals surface area contributed by atoms with Crippen LogP contribution in [0, 0.1) is 0 Å². The van der Waals surface area contributed by atoms with Crippen molar-refractivity contribution in [2.45, 2.75) is 0 Å². The first-order valence-corrected chi connectivity index (χ1v) is 9.40. The lowest BCUT2D eigenvalue weighted by Gasteiger charge is -2.12. The summed E-state index contributed by atoms with van der Waals surface area (Å²) in [6.45, 7) is 0. The zero-order valence-corrected chi connectivity index (χ0v) is 16.5. The molecule has 0 fully saturated rings. The van der Waals surface area contributed by atoms with E-state index in [1.165, 1.54) is 0 Å². The van der Waals surface area contributed by atoms with Gasteiger partial charge in [0, 0.05) is 31.2 Å². The van der Waals surface area contributed by atoms with Crippen LogP contribution in [0.4, 0.5) is 11.6 Å². The predicted molar refractivity (Wildman–Crippen MR) is 112 cm³/mol. The van der Waals surface area contributed by atoms with E-state index in [0.29, 0.717) is 16.0 Å². The van der Waals surface area contributed by atoms with Crippen LogP contribution in [0.1, 0.15) is 0 Å². The molecule has 0 aliphatic heterocycles. The Bertz CT molecular complexity index is 1120. The number of halogens is 3. The Kier molecular flexibility index (Phi) is 4.81. The van der Waals surface area contributed by atoms with Gasteiger partial charge in [-0.15, -0.1) is 0 Å². The normalized spacial score (nSPS) is 10.9. The lowest BCUT2D eigenvalue weighted by molar-refractivity contribution is 1.21. The second-order valence-corrected chi connectivity index (χ2v) is 7.43. The van der Waals surface area contributed by atoms with Gasteiger partial charge in [0.15, 0.2) is 0 Å². The van der Waals surface area contributed by atoms with Crippen LogP contribution in [0.25, 0.3) is 22.2 Å². The minimum atomic E-state index is 0.483. The summed E-state index contributed by atoms with van der Waals surface area (Å²) in [6.07, 6.45) is 0. The molecule has 0 radical (unpaired) electrons. The largest absolute Gasteiger partial charge is 0.324 e. The van der Waals surface area contributed by atoms with Crippen LogP contribution in [0.15, 0.2) is 71.2 Å². The van der Waals surface area contributed by atoms with Crippen LogP contribution < -0.4 is 5.32 Å². The molecule has 0 atom stereocenters. The van der Waals surface area contributed by atoms with Gasteiger partial charge in [0.25, 0.3) is 0 Å². The van der Waals surface area contributed by atoms with Crippen LogP contribution in [-0.2, 0) is 0 Å². The summed E-state index contributed by atoms with van der Waals surface area (Å²) in [5.41, 5.74) is 3.27. The van der Waals surface area contributed by atoms with E-state index in [1.54, 1.807) is 0 Å². The zero-order valence-electron chi connectivity index (χ0n) is 13.4. The standard InChI is InChI=1S/C20H12BrCl2N3/c21-12-8-9-18-16(10-12)19(15-6-1-2-7-17(15)23)26-20(25-18)24-14-5-3-4-13(22)11-14/h1-11H,(H,24,25,26). The summed E-state index contributed by atoms with van der Waals surface area (Å²) >= 11 is 16.0. The average molecular weight is 445 g/mol. The molecule has 1 heterocycles. The number of nitrogens with zero attached hydrogens (tertiary/aromatic N) is 2. The molecule has 0 aliphatic carbocycles. The number of hydrogen-bond donors (Lipinski definition) is 1. The number of benzene rings is 3. The van der Waals surface area contributed by atoms with E-state index < -0.39 is 0 Å². The molecule has 3 nitrogen and oxygen atoms in total. The molecule has 0 aliphatic rings.